The number of aromatic carboxylic acids is 1. The van der Waals surface area contributed by atoms with Crippen molar-refractivity contribution in [2.45, 2.75) is 26.4 Å². The normalized spacial score (nSPS) is 11.5. The summed E-state index contributed by atoms with van der Waals surface area (Å²) in [5, 5.41) is 9.40. The maximum atomic E-state index is 11.3. The number of aromatic nitrogens is 1. The van der Waals surface area contributed by atoms with E-state index in [1.165, 1.54) is 14.0 Å². The van der Waals surface area contributed by atoms with Gasteiger partial charge < -0.3 is 9.84 Å². The summed E-state index contributed by atoms with van der Waals surface area (Å²) in [6.07, 6.45) is 0. The Kier molecular flexibility index (Phi) is 3.44. The number of methoxy groups -OCH3 is 1. The summed E-state index contributed by atoms with van der Waals surface area (Å²) in [4.78, 5) is 26.3. The summed E-state index contributed by atoms with van der Waals surface area (Å²) in [5.74, 6) is -1.49. The lowest BCUT2D eigenvalue weighted by Gasteiger charge is -2.19. The van der Waals surface area contributed by atoms with Crippen LogP contribution in [0.2, 0.25) is 0 Å². The molecule has 1 aromatic rings. The molecule has 1 N–H and O–H groups in total. The van der Waals surface area contributed by atoms with Crippen molar-refractivity contribution in [3.05, 3.63) is 15.6 Å². The van der Waals surface area contributed by atoms with Gasteiger partial charge in [-0.25, -0.2) is 9.78 Å². The van der Waals surface area contributed by atoms with E-state index in [9.17, 15) is 9.59 Å². The molecule has 0 aliphatic rings. The SMILES string of the molecule is COC(C)(C)c1nc(C(=O)O)c(C(C)=O)s1. The average molecular weight is 243 g/mol. The fourth-order valence-electron chi connectivity index (χ4n) is 1.05. The molecule has 16 heavy (non-hydrogen) atoms. The van der Waals surface area contributed by atoms with Crippen LogP contribution in [-0.4, -0.2) is 29.0 Å². The molecule has 0 atom stereocenters. The molecule has 0 aliphatic heterocycles. The molecule has 1 heterocycles. The van der Waals surface area contributed by atoms with Gasteiger partial charge in [0.05, 0.1) is 0 Å². The molecule has 0 bridgehead atoms. The van der Waals surface area contributed by atoms with Gasteiger partial charge in [-0.15, -0.1) is 11.3 Å². The smallest absolute Gasteiger partial charge is 0.356 e. The molecule has 0 aliphatic carbocycles. The van der Waals surface area contributed by atoms with Crippen LogP contribution in [0.15, 0.2) is 0 Å². The Morgan fingerprint density at radius 2 is 2.00 bits per heavy atom. The summed E-state index contributed by atoms with van der Waals surface area (Å²) >= 11 is 1.06. The molecule has 88 valence electrons. The number of carbonyl (C=O) groups is 2. The number of carboxylic acid groups (broad SMARTS) is 1. The topological polar surface area (TPSA) is 76.5 Å². The number of ether oxygens (including phenoxy) is 1. The summed E-state index contributed by atoms with van der Waals surface area (Å²) in [5.41, 5.74) is -0.889. The minimum atomic E-state index is -1.19. The first-order valence-corrected chi connectivity index (χ1v) is 5.42. The number of ketones is 1. The highest BCUT2D eigenvalue weighted by atomic mass is 32.1. The van der Waals surface area contributed by atoms with E-state index in [-0.39, 0.29) is 16.4 Å². The third-order valence-corrected chi connectivity index (χ3v) is 3.64. The number of rotatable bonds is 4. The van der Waals surface area contributed by atoms with Gasteiger partial charge in [-0.3, -0.25) is 4.79 Å². The van der Waals surface area contributed by atoms with Crippen LogP contribution < -0.4 is 0 Å². The number of nitrogens with zero attached hydrogens (tertiary/aromatic N) is 1. The third kappa shape index (κ3) is 2.28. The molecule has 0 radical (unpaired) electrons. The van der Waals surface area contributed by atoms with Gasteiger partial charge in [0, 0.05) is 14.0 Å². The molecule has 0 saturated heterocycles. The van der Waals surface area contributed by atoms with Crippen LogP contribution in [0, 0.1) is 0 Å². The summed E-state index contributed by atoms with van der Waals surface area (Å²) in [6.45, 7) is 4.85. The predicted octanol–water partition coefficient (Wildman–Crippen LogP) is 1.93. The van der Waals surface area contributed by atoms with Crippen LogP contribution >= 0.6 is 11.3 Å². The third-order valence-electron chi connectivity index (χ3n) is 2.17. The Labute approximate surface area is 97.1 Å². The molecule has 0 aromatic carbocycles. The standard InChI is InChI=1S/C10H13NO4S/c1-5(12)7-6(8(13)14)11-9(16-7)10(2,3)15-4/h1-4H3,(H,13,14). The maximum absolute atomic E-state index is 11.3. The zero-order valence-electron chi connectivity index (χ0n) is 9.53. The number of thiazole rings is 1. The highest BCUT2D eigenvalue weighted by Gasteiger charge is 2.29. The van der Waals surface area contributed by atoms with E-state index in [1.54, 1.807) is 13.8 Å². The second-order valence-electron chi connectivity index (χ2n) is 3.77. The van der Waals surface area contributed by atoms with E-state index in [4.69, 9.17) is 9.84 Å². The minimum Gasteiger partial charge on any atom is -0.476 e. The second-order valence-corrected chi connectivity index (χ2v) is 4.77. The van der Waals surface area contributed by atoms with Gasteiger partial charge in [-0.1, -0.05) is 0 Å². The fourth-order valence-corrected chi connectivity index (χ4v) is 2.08. The van der Waals surface area contributed by atoms with Crippen molar-refractivity contribution < 1.29 is 19.4 Å². The number of hydrogen-bond acceptors (Lipinski definition) is 5. The molecular formula is C10H13NO4S. The highest BCUT2D eigenvalue weighted by Crippen LogP contribution is 2.30. The summed E-state index contributed by atoms with van der Waals surface area (Å²) in [6, 6.07) is 0. The molecule has 5 nitrogen and oxygen atoms in total. The molecule has 0 saturated carbocycles. The molecule has 0 amide bonds. The van der Waals surface area contributed by atoms with Crippen molar-refractivity contribution in [2.24, 2.45) is 0 Å². The van der Waals surface area contributed by atoms with Gasteiger partial charge in [-0.2, -0.15) is 0 Å². The Morgan fingerprint density at radius 1 is 1.44 bits per heavy atom. The van der Waals surface area contributed by atoms with Crippen molar-refractivity contribution in [3.63, 3.8) is 0 Å². The van der Waals surface area contributed by atoms with Crippen molar-refractivity contribution in [1.29, 1.82) is 0 Å². The predicted molar refractivity (Wildman–Crippen MR) is 59.1 cm³/mol. The van der Waals surface area contributed by atoms with Crippen LogP contribution in [0.1, 0.15) is 45.9 Å². The summed E-state index contributed by atoms with van der Waals surface area (Å²) in [7, 11) is 1.51. The average Bonchev–Trinajstić information content (AvgIpc) is 2.62. The van der Waals surface area contributed by atoms with Gasteiger partial charge in [0.1, 0.15) is 15.5 Å². The van der Waals surface area contributed by atoms with Crippen LogP contribution in [0.4, 0.5) is 0 Å². The zero-order valence-corrected chi connectivity index (χ0v) is 10.3. The monoisotopic (exact) mass is 243 g/mol. The largest absolute Gasteiger partial charge is 0.476 e. The Morgan fingerprint density at radius 3 is 2.31 bits per heavy atom. The van der Waals surface area contributed by atoms with Crippen molar-refractivity contribution in [2.75, 3.05) is 7.11 Å². The van der Waals surface area contributed by atoms with E-state index >= 15 is 0 Å². The number of Topliss-reactive ketones (excluding diaryl/α,β-unsaturated/α-hetero) is 1. The Balaban J connectivity index is 3.32. The lowest BCUT2D eigenvalue weighted by molar-refractivity contribution is 0.0188. The number of hydrogen-bond donors (Lipinski definition) is 1. The van der Waals surface area contributed by atoms with Crippen LogP contribution in [-0.2, 0) is 10.3 Å². The lowest BCUT2D eigenvalue weighted by Crippen LogP contribution is -2.19. The van der Waals surface area contributed by atoms with Crippen molar-refractivity contribution in [1.82, 2.24) is 4.98 Å². The van der Waals surface area contributed by atoms with Gasteiger partial charge in [0.2, 0.25) is 0 Å². The minimum absolute atomic E-state index is 0.160. The first-order valence-electron chi connectivity index (χ1n) is 4.60. The van der Waals surface area contributed by atoms with E-state index < -0.39 is 11.6 Å². The molecule has 0 unspecified atom stereocenters. The Hall–Kier alpha value is -1.27. The molecular weight excluding hydrogens is 230 g/mol. The van der Waals surface area contributed by atoms with Gasteiger partial charge >= 0.3 is 5.97 Å². The second kappa shape index (κ2) is 4.31. The molecule has 1 aromatic heterocycles. The molecule has 6 heteroatoms. The van der Waals surface area contributed by atoms with Gasteiger partial charge in [0.15, 0.2) is 11.5 Å². The first kappa shape index (κ1) is 12.8. The zero-order chi connectivity index (χ0) is 12.5. The van der Waals surface area contributed by atoms with Crippen LogP contribution in [0.5, 0.6) is 0 Å². The van der Waals surface area contributed by atoms with E-state index in [0.29, 0.717) is 5.01 Å². The van der Waals surface area contributed by atoms with Crippen LogP contribution in [0.3, 0.4) is 0 Å². The summed E-state index contributed by atoms with van der Waals surface area (Å²) < 4.78 is 5.20. The first-order chi connectivity index (χ1) is 7.29. The quantitative estimate of drug-likeness (QED) is 0.817. The van der Waals surface area contributed by atoms with E-state index in [1.807, 2.05) is 0 Å². The number of carboxylic acids is 1. The molecule has 0 spiro atoms. The van der Waals surface area contributed by atoms with E-state index in [2.05, 4.69) is 4.98 Å². The fraction of sp³-hybridized carbons (Fsp3) is 0.500. The van der Waals surface area contributed by atoms with Crippen molar-refractivity contribution in [3.8, 4) is 0 Å². The molecule has 0 fully saturated rings. The maximum Gasteiger partial charge on any atom is 0.356 e. The van der Waals surface area contributed by atoms with Crippen LogP contribution in [0.25, 0.3) is 0 Å². The number of carbonyl (C=O) groups excluding carboxylic acids is 1. The lowest BCUT2D eigenvalue weighted by atomic mass is 10.1. The molecule has 1 rings (SSSR count). The van der Waals surface area contributed by atoms with Gasteiger partial charge in [0.25, 0.3) is 0 Å². The Bertz CT molecular complexity index is 405. The van der Waals surface area contributed by atoms with Gasteiger partial charge in [-0.05, 0) is 13.8 Å². The highest BCUT2D eigenvalue weighted by molar-refractivity contribution is 7.14. The van der Waals surface area contributed by atoms with Crippen molar-refractivity contribution >= 4 is 23.1 Å². The van der Waals surface area contributed by atoms with E-state index in [0.717, 1.165) is 11.3 Å².